The van der Waals surface area contributed by atoms with E-state index in [2.05, 4.69) is 5.32 Å². The number of hydrogen-bond acceptors (Lipinski definition) is 5. The summed E-state index contributed by atoms with van der Waals surface area (Å²) in [7, 11) is 0. The molecule has 24 heavy (non-hydrogen) atoms. The number of nitrogens with one attached hydrogen (secondary N) is 1. The lowest BCUT2D eigenvalue weighted by molar-refractivity contribution is 0.0224. The molecule has 1 aromatic rings. The number of benzene rings is 1. The molecule has 2 aliphatic rings. The number of rotatable bonds is 2. The van der Waals surface area contributed by atoms with Gasteiger partial charge in [-0.05, 0) is 50.8 Å². The van der Waals surface area contributed by atoms with Crippen LogP contribution in [0.4, 0.5) is 10.5 Å². The number of nitrogens with zero attached hydrogens (tertiary/aromatic N) is 1. The highest BCUT2D eigenvalue weighted by Crippen LogP contribution is 2.32. The maximum Gasteiger partial charge on any atom is 0.410 e. The van der Waals surface area contributed by atoms with E-state index in [0.29, 0.717) is 26.1 Å². The third kappa shape index (κ3) is 3.93. The number of amides is 1. The molecule has 0 spiro atoms. The van der Waals surface area contributed by atoms with Crippen molar-refractivity contribution in [2.24, 2.45) is 0 Å². The van der Waals surface area contributed by atoms with Crippen LogP contribution in [0, 0.1) is 0 Å². The third-order valence-electron chi connectivity index (χ3n) is 4.27. The van der Waals surface area contributed by atoms with Crippen LogP contribution in [0.25, 0.3) is 0 Å². The van der Waals surface area contributed by atoms with Gasteiger partial charge < -0.3 is 24.8 Å². The third-order valence-corrected chi connectivity index (χ3v) is 4.27. The number of ether oxygens (including phenoxy) is 2. The highest BCUT2D eigenvalue weighted by molar-refractivity contribution is 5.70. The average Bonchev–Trinajstić information content (AvgIpc) is 2.98. The summed E-state index contributed by atoms with van der Waals surface area (Å²) in [5, 5.41) is 13.4. The number of anilines is 1. The molecule has 0 bridgehead atoms. The molecule has 0 radical (unpaired) electrons. The molecule has 1 amide bonds. The number of phenolic OH excluding ortho intramolecular Hbond substituents is 1. The van der Waals surface area contributed by atoms with E-state index in [0.717, 1.165) is 29.8 Å². The van der Waals surface area contributed by atoms with Crippen molar-refractivity contribution < 1.29 is 19.4 Å². The fraction of sp³-hybridized carbons (Fsp3) is 0.611. The van der Waals surface area contributed by atoms with Gasteiger partial charge in [0.2, 0.25) is 0 Å². The van der Waals surface area contributed by atoms with Gasteiger partial charge >= 0.3 is 6.09 Å². The summed E-state index contributed by atoms with van der Waals surface area (Å²) in [5.41, 5.74) is 2.51. The van der Waals surface area contributed by atoms with E-state index in [1.54, 1.807) is 17.0 Å². The summed E-state index contributed by atoms with van der Waals surface area (Å²) in [4.78, 5) is 14.1. The van der Waals surface area contributed by atoms with Crippen molar-refractivity contribution in [2.45, 2.75) is 51.8 Å². The number of hydrogen-bond donors (Lipinski definition) is 2. The van der Waals surface area contributed by atoms with Crippen molar-refractivity contribution >= 4 is 11.8 Å². The predicted molar refractivity (Wildman–Crippen MR) is 91.3 cm³/mol. The molecule has 0 unspecified atom stereocenters. The molecule has 0 aromatic heterocycles. The van der Waals surface area contributed by atoms with Crippen LogP contribution in [0.5, 0.6) is 5.75 Å². The minimum Gasteiger partial charge on any atom is -0.508 e. The Balaban J connectivity index is 1.79. The van der Waals surface area contributed by atoms with Gasteiger partial charge in [-0.3, -0.25) is 0 Å². The van der Waals surface area contributed by atoms with Crippen LogP contribution in [0.2, 0.25) is 0 Å². The van der Waals surface area contributed by atoms with E-state index in [1.165, 1.54) is 0 Å². The second-order valence-corrected chi connectivity index (χ2v) is 7.49. The molecule has 2 N–H and O–H groups in total. The first-order chi connectivity index (χ1) is 11.3. The molecule has 1 atom stereocenters. The predicted octanol–water partition coefficient (Wildman–Crippen LogP) is 2.89. The van der Waals surface area contributed by atoms with Crippen molar-refractivity contribution in [2.75, 3.05) is 25.1 Å². The number of carbonyl (C=O) groups is 1. The monoisotopic (exact) mass is 334 g/mol. The molecule has 1 aromatic carbocycles. The first kappa shape index (κ1) is 16.9. The molecule has 2 heterocycles. The number of phenols is 1. The molecule has 2 aliphatic heterocycles. The summed E-state index contributed by atoms with van der Waals surface area (Å²) in [6.07, 6.45) is 1.36. The van der Waals surface area contributed by atoms with E-state index in [1.807, 2.05) is 20.8 Å². The van der Waals surface area contributed by atoms with Crippen LogP contribution in [-0.2, 0) is 22.4 Å². The zero-order chi connectivity index (χ0) is 17.3. The number of carbonyl (C=O) groups excluding carboxylic acids is 1. The zero-order valence-electron chi connectivity index (χ0n) is 14.6. The first-order valence-corrected chi connectivity index (χ1v) is 8.49. The maximum atomic E-state index is 12.4. The van der Waals surface area contributed by atoms with Crippen molar-refractivity contribution in [1.82, 2.24) is 4.90 Å². The van der Waals surface area contributed by atoms with Gasteiger partial charge in [-0.1, -0.05) is 0 Å². The van der Waals surface area contributed by atoms with E-state index in [-0.39, 0.29) is 17.9 Å². The van der Waals surface area contributed by atoms with Crippen LogP contribution < -0.4 is 5.32 Å². The maximum absolute atomic E-state index is 12.4. The van der Waals surface area contributed by atoms with Gasteiger partial charge in [0.15, 0.2) is 0 Å². The minimum atomic E-state index is -0.505. The van der Waals surface area contributed by atoms with Gasteiger partial charge in [0.05, 0.1) is 19.2 Å². The molecule has 0 saturated carbocycles. The van der Waals surface area contributed by atoms with Gasteiger partial charge in [-0.15, -0.1) is 0 Å². The molecule has 132 valence electrons. The van der Waals surface area contributed by atoms with E-state index in [9.17, 15) is 9.90 Å². The Morgan fingerprint density at radius 3 is 2.88 bits per heavy atom. The molecule has 3 rings (SSSR count). The Bertz CT molecular complexity index is 618. The van der Waals surface area contributed by atoms with Gasteiger partial charge in [0.25, 0.3) is 0 Å². The second kappa shape index (κ2) is 6.51. The molecule has 6 heteroatoms. The molecular weight excluding hydrogens is 308 g/mol. The quantitative estimate of drug-likeness (QED) is 0.870. The van der Waals surface area contributed by atoms with Crippen LogP contribution in [0.3, 0.4) is 0 Å². The number of aromatic hydroxyl groups is 1. The molecule has 0 aliphatic carbocycles. The topological polar surface area (TPSA) is 71.0 Å². The highest BCUT2D eigenvalue weighted by atomic mass is 16.6. The van der Waals surface area contributed by atoms with Crippen LogP contribution in [0.15, 0.2) is 12.1 Å². The van der Waals surface area contributed by atoms with Crippen molar-refractivity contribution in [3.8, 4) is 5.75 Å². The summed E-state index contributed by atoms with van der Waals surface area (Å²) < 4.78 is 10.9. The standard InChI is InChI=1S/C18H26N2O4/c1-18(2,3)24-17(22)20-6-4-12-8-14(21)9-16(15(12)10-20)19-13-5-7-23-11-13/h8-9,13,19,21H,4-7,10-11H2,1-3H3/t13-/m0/s1. The summed E-state index contributed by atoms with van der Waals surface area (Å²) in [6, 6.07) is 3.77. The van der Waals surface area contributed by atoms with Crippen LogP contribution in [-0.4, -0.2) is 47.5 Å². The Labute approximate surface area is 142 Å². The summed E-state index contributed by atoms with van der Waals surface area (Å²) in [6.45, 7) is 8.11. The SMILES string of the molecule is CC(C)(C)OC(=O)N1CCc2cc(O)cc(N[C@H]3CCOC3)c2C1. The fourth-order valence-electron chi connectivity index (χ4n) is 3.13. The Morgan fingerprint density at radius 2 is 2.21 bits per heavy atom. The van der Waals surface area contributed by atoms with Crippen molar-refractivity contribution in [3.05, 3.63) is 23.3 Å². The fourth-order valence-corrected chi connectivity index (χ4v) is 3.13. The molecular formula is C18H26N2O4. The van der Waals surface area contributed by atoms with E-state index < -0.39 is 5.60 Å². The molecule has 1 saturated heterocycles. The Hall–Kier alpha value is -1.95. The normalized spacial score (nSPS) is 20.6. The molecule has 6 nitrogen and oxygen atoms in total. The first-order valence-electron chi connectivity index (χ1n) is 8.49. The summed E-state index contributed by atoms with van der Waals surface area (Å²) >= 11 is 0. The minimum absolute atomic E-state index is 0.243. The molecule has 1 fully saturated rings. The zero-order valence-corrected chi connectivity index (χ0v) is 14.6. The van der Waals surface area contributed by atoms with Crippen LogP contribution in [0.1, 0.15) is 38.3 Å². The lowest BCUT2D eigenvalue weighted by Gasteiger charge is -2.32. The van der Waals surface area contributed by atoms with Crippen LogP contribution >= 0.6 is 0 Å². The summed E-state index contributed by atoms with van der Waals surface area (Å²) in [5.74, 6) is 0.251. The van der Waals surface area contributed by atoms with Crippen molar-refractivity contribution in [3.63, 3.8) is 0 Å². The van der Waals surface area contributed by atoms with E-state index >= 15 is 0 Å². The highest BCUT2D eigenvalue weighted by Gasteiger charge is 2.28. The van der Waals surface area contributed by atoms with Gasteiger partial charge in [0.1, 0.15) is 11.4 Å². The van der Waals surface area contributed by atoms with Crippen molar-refractivity contribution in [1.29, 1.82) is 0 Å². The lowest BCUT2D eigenvalue weighted by atomic mass is 9.97. The second-order valence-electron chi connectivity index (χ2n) is 7.49. The van der Waals surface area contributed by atoms with E-state index in [4.69, 9.17) is 9.47 Å². The average molecular weight is 334 g/mol. The van der Waals surface area contributed by atoms with Gasteiger partial charge in [-0.2, -0.15) is 0 Å². The smallest absolute Gasteiger partial charge is 0.410 e. The lowest BCUT2D eigenvalue weighted by Crippen LogP contribution is -2.40. The Kier molecular flexibility index (Phi) is 4.58. The number of fused-ring (bicyclic) bond motifs is 1. The largest absolute Gasteiger partial charge is 0.508 e. The van der Waals surface area contributed by atoms with Gasteiger partial charge in [0, 0.05) is 24.9 Å². The van der Waals surface area contributed by atoms with Gasteiger partial charge in [-0.25, -0.2) is 4.79 Å². The Morgan fingerprint density at radius 1 is 1.42 bits per heavy atom.